The average molecular weight is 458 g/mol. The summed E-state index contributed by atoms with van der Waals surface area (Å²) in [5, 5.41) is 3.82. The van der Waals surface area contributed by atoms with Gasteiger partial charge in [-0.25, -0.2) is 0 Å². The maximum Gasteiger partial charge on any atom is 0.309 e. The van der Waals surface area contributed by atoms with Gasteiger partial charge in [0.1, 0.15) is 11.9 Å². The van der Waals surface area contributed by atoms with Crippen LogP contribution in [0.25, 0.3) is 21.6 Å². The van der Waals surface area contributed by atoms with Crippen molar-refractivity contribution in [2.75, 3.05) is 26.9 Å². The molecule has 9 nitrogen and oxygen atoms in total. The lowest BCUT2D eigenvalue weighted by atomic mass is 9.91. The molecule has 3 unspecified atom stereocenters. The van der Waals surface area contributed by atoms with E-state index in [-0.39, 0.29) is 24.4 Å². The van der Waals surface area contributed by atoms with Crippen molar-refractivity contribution in [3.8, 4) is 16.9 Å². The Kier molecular flexibility index (Phi) is 9.18. The number of hydrogen-bond acceptors (Lipinski definition) is 7. The predicted octanol–water partition coefficient (Wildman–Crippen LogP) is 5.15. The van der Waals surface area contributed by atoms with E-state index >= 15 is 0 Å². The number of carbonyl (C=O) groups is 1. The van der Waals surface area contributed by atoms with Crippen molar-refractivity contribution in [1.29, 1.82) is 0 Å². The van der Waals surface area contributed by atoms with Crippen LogP contribution in [0.3, 0.4) is 0 Å². The van der Waals surface area contributed by atoms with Crippen LogP contribution in [0.4, 0.5) is 0 Å². The first kappa shape index (κ1) is 24.6. The molecule has 1 fully saturated rings. The van der Waals surface area contributed by atoms with Crippen molar-refractivity contribution in [3.63, 3.8) is 0 Å². The highest BCUT2D eigenvalue weighted by Crippen LogP contribution is 2.33. The third kappa shape index (κ3) is 6.74. The van der Waals surface area contributed by atoms with Gasteiger partial charge in [-0.15, -0.1) is 0 Å². The van der Waals surface area contributed by atoms with Crippen molar-refractivity contribution in [2.45, 2.75) is 45.4 Å². The number of azide groups is 1. The summed E-state index contributed by atoms with van der Waals surface area (Å²) in [7, 11) is 1.66. The van der Waals surface area contributed by atoms with Gasteiger partial charge < -0.3 is 23.4 Å². The lowest BCUT2D eigenvalue weighted by Gasteiger charge is -2.18. The fraction of sp³-hybridized carbons (Fsp3) is 0.542. The molecule has 3 rings (SSSR count). The molecule has 0 amide bonds. The van der Waals surface area contributed by atoms with Gasteiger partial charge in [-0.1, -0.05) is 31.1 Å². The Labute approximate surface area is 193 Å². The fourth-order valence-corrected chi connectivity index (χ4v) is 3.81. The van der Waals surface area contributed by atoms with Crippen LogP contribution in [-0.4, -0.2) is 45.0 Å². The van der Waals surface area contributed by atoms with Crippen LogP contribution in [0, 0.1) is 11.8 Å². The summed E-state index contributed by atoms with van der Waals surface area (Å²) in [4.78, 5) is 15.0. The van der Waals surface area contributed by atoms with Crippen molar-refractivity contribution in [2.24, 2.45) is 17.0 Å². The van der Waals surface area contributed by atoms with Gasteiger partial charge >= 0.3 is 5.97 Å². The number of rotatable bonds is 13. The topological polar surface area (TPSA) is 116 Å². The second-order valence-corrected chi connectivity index (χ2v) is 8.39. The molecule has 3 atom stereocenters. The van der Waals surface area contributed by atoms with E-state index in [0.29, 0.717) is 26.2 Å². The molecule has 0 bridgehead atoms. The molecule has 0 radical (unpaired) electrons. The number of nitrogens with zero attached hydrogens (tertiary/aromatic N) is 3. The molecule has 1 aromatic carbocycles. The fourth-order valence-electron chi connectivity index (χ4n) is 3.81. The Morgan fingerprint density at radius 2 is 2.12 bits per heavy atom. The highest BCUT2D eigenvalue weighted by atomic mass is 16.6. The van der Waals surface area contributed by atoms with Gasteiger partial charge in [0.25, 0.3) is 0 Å². The lowest BCUT2D eigenvalue weighted by Crippen LogP contribution is -2.28. The van der Waals surface area contributed by atoms with Crippen LogP contribution in [0.2, 0.25) is 0 Å². The Bertz CT molecular complexity index is 940. The first-order valence-corrected chi connectivity index (χ1v) is 11.1. The number of furan rings is 1. The van der Waals surface area contributed by atoms with Crippen LogP contribution in [0.1, 0.15) is 32.3 Å². The monoisotopic (exact) mass is 457 g/mol. The van der Waals surface area contributed by atoms with Gasteiger partial charge in [0.15, 0.2) is 0 Å². The van der Waals surface area contributed by atoms with E-state index in [9.17, 15) is 4.79 Å². The summed E-state index contributed by atoms with van der Waals surface area (Å²) < 4.78 is 27.6. The van der Waals surface area contributed by atoms with Gasteiger partial charge in [0.05, 0.1) is 44.3 Å². The summed E-state index contributed by atoms with van der Waals surface area (Å²) in [6.45, 7) is 5.55. The smallest absolute Gasteiger partial charge is 0.309 e. The summed E-state index contributed by atoms with van der Waals surface area (Å²) in [5.41, 5.74) is 11.7. The number of esters is 1. The molecule has 1 aliphatic heterocycles. The van der Waals surface area contributed by atoms with Crippen LogP contribution >= 0.6 is 0 Å². The van der Waals surface area contributed by atoms with Gasteiger partial charge in [0.2, 0.25) is 0 Å². The number of hydrogen-bond donors (Lipinski definition) is 0. The zero-order valence-corrected chi connectivity index (χ0v) is 19.3. The van der Waals surface area contributed by atoms with Gasteiger partial charge in [-0.2, -0.15) is 0 Å². The molecule has 0 saturated carbocycles. The molecule has 2 aromatic rings. The Morgan fingerprint density at radius 3 is 2.79 bits per heavy atom. The van der Waals surface area contributed by atoms with E-state index in [0.717, 1.165) is 28.9 Å². The predicted molar refractivity (Wildman–Crippen MR) is 122 cm³/mol. The largest absolute Gasteiger partial charge is 0.493 e. The molecule has 33 heavy (non-hydrogen) atoms. The van der Waals surface area contributed by atoms with E-state index in [1.54, 1.807) is 19.6 Å². The van der Waals surface area contributed by atoms with E-state index in [1.807, 2.05) is 38.1 Å². The summed E-state index contributed by atoms with van der Waals surface area (Å²) in [5.74, 6) is 0.480. The molecule has 0 N–H and O–H groups in total. The van der Waals surface area contributed by atoms with Crippen LogP contribution in [-0.2, 0) is 25.6 Å². The summed E-state index contributed by atoms with van der Waals surface area (Å²) in [6, 6.07) is 7.16. The minimum absolute atomic E-state index is 0.153. The lowest BCUT2D eigenvalue weighted by molar-refractivity contribution is -0.146. The van der Waals surface area contributed by atoms with Crippen LogP contribution in [0.15, 0.2) is 46.3 Å². The molecule has 1 saturated heterocycles. The number of methoxy groups -OCH3 is 1. The van der Waals surface area contributed by atoms with Gasteiger partial charge in [-0.3, -0.25) is 4.79 Å². The Morgan fingerprint density at radius 1 is 1.27 bits per heavy atom. The molecule has 0 spiro atoms. The van der Waals surface area contributed by atoms with E-state index in [2.05, 4.69) is 10.0 Å². The quantitative estimate of drug-likeness (QED) is 0.135. The minimum Gasteiger partial charge on any atom is -0.493 e. The highest BCUT2D eigenvalue weighted by Gasteiger charge is 2.40. The van der Waals surface area contributed by atoms with Crippen molar-refractivity contribution >= 4 is 5.97 Å². The number of benzene rings is 1. The van der Waals surface area contributed by atoms with E-state index < -0.39 is 12.1 Å². The minimum atomic E-state index is -0.572. The third-order valence-electron chi connectivity index (χ3n) is 5.68. The zero-order chi connectivity index (χ0) is 23.6. The number of carbonyl (C=O) groups excluding carboxylic acids is 1. The van der Waals surface area contributed by atoms with E-state index in [1.165, 1.54) is 0 Å². The maximum absolute atomic E-state index is 12.1. The molecule has 1 aromatic heterocycles. The maximum atomic E-state index is 12.1. The second kappa shape index (κ2) is 12.3. The number of ether oxygens (including phenoxy) is 4. The molecule has 2 heterocycles. The first-order valence-electron chi connectivity index (χ1n) is 11.1. The van der Waals surface area contributed by atoms with Crippen LogP contribution < -0.4 is 4.74 Å². The van der Waals surface area contributed by atoms with Crippen molar-refractivity contribution < 1.29 is 28.2 Å². The third-order valence-corrected chi connectivity index (χ3v) is 5.68. The van der Waals surface area contributed by atoms with Crippen molar-refractivity contribution in [1.82, 2.24) is 0 Å². The molecule has 1 aliphatic rings. The van der Waals surface area contributed by atoms with Crippen LogP contribution in [0.5, 0.6) is 5.75 Å². The van der Waals surface area contributed by atoms with E-state index in [4.69, 9.17) is 28.9 Å². The molecular weight excluding hydrogens is 426 g/mol. The SMILES string of the molecule is COCCCOc1cc(COCC(N=[N+]=[N-])C2CC(C(C)C)C(=O)O2)ccc1-c1ccoc1. The normalized spacial score (nSPS) is 18.7. The average Bonchev–Trinajstić information content (AvgIpc) is 3.46. The van der Waals surface area contributed by atoms with Gasteiger partial charge in [0, 0.05) is 36.2 Å². The Balaban J connectivity index is 1.63. The summed E-state index contributed by atoms with van der Waals surface area (Å²) in [6.07, 6.45) is 4.13. The molecule has 178 valence electrons. The first-order chi connectivity index (χ1) is 16.0. The summed E-state index contributed by atoms with van der Waals surface area (Å²) >= 11 is 0. The van der Waals surface area contributed by atoms with Crippen molar-refractivity contribution in [3.05, 3.63) is 52.8 Å². The Hall–Kier alpha value is -3.00. The van der Waals surface area contributed by atoms with Gasteiger partial charge in [-0.05, 0) is 35.6 Å². The molecule has 0 aliphatic carbocycles. The molecule has 9 heteroatoms. The zero-order valence-electron chi connectivity index (χ0n) is 19.3. The second-order valence-electron chi connectivity index (χ2n) is 8.39. The number of cyclic esters (lactones) is 1. The molecular formula is C24H31N3O6. The highest BCUT2D eigenvalue weighted by molar-refractivity contribution is 5.75. The standard InChI is InChI=1S/C24H31N3O6/c1-16(2)20-12-23(33-24(20)28)21(26-27-25)15-31-13-17-5-6-19(18-7-10-30-14-18)22(11-17)32-9-4-8-29-3/h5-7,10-11,14,16,20-21,23H,4,8-9,12-13,15H2,1-3H3.